The summed E-state index contributed by atoms with van der Waals surface area (Å²) in [6.07, 6.45) is 0.978. The highest BCUT2D eigenvalue weighted by Gasteiger charge is 2.13. The molecule has 0 bridgehead atoms. The zero-order chi connectivity index (χ0) is 11.0. The molecule has 0 aliphatic heterocycles. The Bertz CT molecular complexity index is 509. The average Bonchev–Trinajstić information content (AvgIpc) is 2.46. The third-order valence-corrected chi connectivity index (χ3v) is 2.77. The fourth-order valence-electron chi connectivity index (χ4n) is 1.39. The molecule has 80 valence electrons. The van der Waals surface area contributed by atoms with Gasteiger partial charge >= 0.3 is 0 Å². The van der Waals surface area contributed by atoms with Gasteiger partial charge in [0.1, 0.15) is 0 Å². The fraction of sp³-hybridized carbons (Fsp3) is 0.375. The van der Waals surface area contributed by atoms with Gasteiger partial charge in [0.15, 0.2) is 21.7 Å². The molecule has 7 heteroatoms. The van der Waals surface area contributed by atoms with Gasteiger partial charge in [0.25, 0.3) is 0 Å². The summed E-state index contributed by atoms with van der Waals surface area (Å²) in [6, 6.07) is 0. The van der Waals surface area contributed by atoms with Crippen LogP contribution >= 0.6 is 27.5 Å². The minimum atomic E-state index is 0.143. The first-order valence-electron chi connectivity index (χ1n) is 4.48. The summed E-state index contributed by atoms with van der Waals surface area (Å²) in [5.74, 6) is 0.306. The molecule has 2 aromatic heterocycles. The van der Waals surface area contributed by atoms with Crippen molar-refractivity contribution in [3.8, 4) is 0 Å². The maximum atomic E-state index is 5.75. The van der Waals surface area contributed by atoms with Crippen molar-refractivity contribution in [3.63, 3.8) is 0 Å². The van der Waals surface area contributed by atoms with Crippen LogP contribution in [0.25, 0.3) is 11.2 Å². The molecule has 0 aromatic carbocycles. The zero-order valence-electron chi connectivity index (χ0n) is 8.04. The van der Waals surface area contributed by atoms with Crippen molar-refractivity contribution < 1.29 is 0 Å². The number of nitrogens with zero attached hydrogens (tertiary/aromatic N) is 4. The van der Waals surface area contributed by atoms with Crippen LogP contribution in [0, 0.1) is 0 Å². The molecular weight excluding hydrogens is 281 g/mol. The first-order valence-corrected chi connectivity index (χ1v) is 5.65. The van der Waals surface area contributed by atoms with Crippen molar-refractivity contribution in [1.29, 1.82) is 0 Å². The summed E-state index contributed by atoms with van der Waals surface area (Å²) in [4.78, 5) is 12.2. The second kappa shape index (κ2) is 3.94. The maximum absolute atomic E-state index is 5.75. The number of hydrogen-bond acceptors (Lipinski definition) is 4. The summed E-state index contributed by atoms with van der Waals surface area (Å²) in [6.45, 7) is 2.88. The van der Waals surface area contributed by atoms with Crippen molar-refractivity contribution in [3.05, 3.63) is 10.0 Å². The highest BCUT2D eigenvalue weighted by Crippen LogP contribution is 2.23. The average molecular weight is 291 g/mol. The Balaban J connectivity index is 2.74. The number of hydrogen-bond donors (Lipinski definition) is 1. The van der Waals surface area contributed by atoms with E-state index in [0.29, 0.717) is 21.7 Å². The summed E-state index contributed by atoms with van der Waals surface area (Å²) in [5, 5.41) is 0.143. The van der Waals surface area contributed by atoms with Crippen molar-refractivity contribution in [2.24, 2.45) is 0 Å². The van der Waals surface area contributed by atoms with Gasteiger partial charge in [0.05, 0.1) is 0 Å². The van der Waals surface area contributed by atoms with E-state index in [1.54, 1.807) is 0 Å². The first-order chi connectivity index (χ1) is 7.13. The Morgan fingerprint density at radius 2 is 2.13 bits per heavy atom. The summed E-state index contributed by atoms with van der Waals surface area (Å²) in [7, 11) is 0. The molecule has 0 saturated heterocycles. The van der Waals surface area contributed by atoms with Crippen LogP contribution in [-0.2, 0) is 6.54 Å². The highest BCUT2D eigenvalue weighted by atomic mass is 79.9. The number of anilines is 1. The molecule has 0 atom stereocenters. The summed E-state index contributed by atoms with van der Waals surface area (Å²) < 4.78 is 2.61. The summed E-state index contributed by atoms with van der Waals surface area (Å²) in [5.41, 5.74) is 6.95. The molecule has 2 N–H and O–H groups in total. The van der Waals surface area contributed by atoms with Gasteiger partial charge in [-0.15, -0.1) is 0 Å². The number of fused-ring (bicyclic) bond motifs is 1. The normalized spacial score (nSPS) is 11.1. The Kier molecular flexibility index (Phi) is 2.79. The van der Waals surface area contributed by atoms with Crippen LogP contribution in [0.2, 0.25) is 5.28 Å². The Labute approximate surface area is 99.8 Å². The van der Waals surface area contributed by atoms with Crippen molar-refractivity contribution in [1.82, 2.24) is 19.5 Å². The molecule has 0 unspecified atom stereocenters. The lowest BCUT2D eigenvalue weighted by Crippen LogP contribution is -2.00. The molecule has 0 radical (unpaired) electrons. The second-order valence-electron chi connectivity index (χ2n) is 3.08. The number of halogens is 2. The predicted molar refractivity (Wildman–Crippen MR) is 62.7 cm³/mol. The fourth-order valence-corrected chi connectivity index (χ4v) is 2.08. The Morgan fingerprint density at radius 1 is 1.40 bits per heavy atom. The van der Waals surface area contributed by atoms with Gasteiger partial charge in [0, 0.05) is 6.54 Å². The van der Waals surface area contributed by atoms with E-state index in [1.807, 2.05) is 4.57 Å². The van der Waals surface area contributed by atoms with Crippen LogP contribution in [0.5, 0.6) is 0 Å². The lowest BCUT2D eigenvalue weighted by molar-refractivity contribution is 0.677. The van der Waals surface area contributed by atoms with Gasteiger partial charge < -0.3 is 10.3 Å². The Morgan fingerprint density at radius 3 is 2.80 bits per heavy atom. The van der Waals surface area contributed by atoms with E-state index in [0.717, 1.165) is 13.0 Å². The first kappa shape index (κ1) is 10.6. The van der Waals surface area contributed by atoms with E-state index >= 15 is 0 Å². The number of aromatic nitrogens is 4. The molecule has 0 aliphatic rings. The molecule has 2 aromatic rings. The molecule has 0 spiro atoms. The van der Waals surface area contributed by atoms with Gasteiger partial charge in [0.2, 0.25) is 5.28 Å². The molecule has 0 aliphatic carbocycles. The number of nitrogen functional groups attached to an aromatic ring is 1. The highest BCUT2D eigenvalue weighted by molar-refractivity contribution is 9.10. The molecule has 0 fully saturated rings. The van der Waals surface area contributed by atoms with E-state index < -0.39 is 0 Å². The van der Waals surface area contributed by atoms with Gasteiger partial charge in [-0.25, -0.2) is 4.98 Å². The van der Waals surface area contributed by atoms with Gasteiger partial charge in [-0.1, -0.05) is 6.92 Å². The van der Waals surface area contributed by atoms with E-state index in [-0.39, 0.29) is 5.28 Å². The predicted octanol–water partition coefficient (Wildman–Crippen LogP) is 2.23. The standard InChI is InChI=1S/C8H9BrClN5/c1-2-3-15-6-4(12-7(15)9)5(11)13-8(10)14-6/h2-3H2,1H3,(H2,11,13,14). The van der Waals surface area contributed by atoms with E-state index in [4.69, 9.17) is 17.3 Å². The number of nitrogens with two attached hydrogens (primary N) is 1. The lowest BCUT2D eigenvalue weighted by Gasteiger charge is -2.02. The van der Waals surface area contributed by atoms with Gasteiger partial charge in [-0.2, -0.15) is 9.97 Å². The summed E-state index contributed by atoms with van der Waals surface area (Å²) >= 11 is 9.10. The number of aryl methyl sites for hydroxylation is 1. The third-order valence-electron chi connectivity index (χ3n) is 1.99. The molecule has 5 nitrogen and oxygen atoms in total. The van der Waals surface area contributed by atoms with E-state index in [2.05, 4.69) is 37.8 Å². The molecule has 2 rings (SSSR count). The van der Waals surface area contributed by atoms with Crippen LogP contribution < -0.4 is 5.73 Å². The monoisotopic (exact) mass is 289 g/mol. The van der Waals surface area contributed by atoms with Crippen molar-refractivity contribution >= 4 is 44.5 Å². The molecular formula is C8H9BrClN5. The largest absolute Gasteiger partial charge is 0.382 e. The van der Waals surface area contributed by atoms with E-state index in [1.165, 1.54) is 0 Å². The zero-order valence-corrected chi connectivity index (χ0v) is 10.4. The second-order valence-corrected chi connectivity index (χ2v) is 4.13. The minimum Gasteiger partial charge on any atom is -0.382 e. The number of imidazole rings is 1. The SMILES string of the molecule is CCCn1c(Br)nc2c(N)nc(Cl)nc21. The Hall–Kier alpha value is -0.880. The third kappa shape index (κ3) is 1.79. The van der Waals surface area contributed by atoms with Crippen LogP contribution in [0.1, 0.15) is 13.3 Å². The van der Waals surface area contributed by atoms with Gasteiger partial charge in [-0.3, -0.25) is 0 Å². The topological polar surface area (TPSA) is 69.6 Å². The number of rotatable bonds is 2. The minimum absolute atomic E-state index is 0.143. The van der Waals surface area contributed by atoms with Gasteiger partial charge in [-0.05, 0) is 34.0 Å². The van der Waals surface area contributed by atoms with Crippen LogP contribution in [-0.4, -0.2) is 19.5 Å². The lowest BCUT2D eigenvalue weighted by atomic mass is 10.4. The van der Waals surface area contributed by atoms with Crippen LogP contribution in [0.15, 0.2) is 4.73 Å². The molecule has 0 amide bonds. The van der Waals surface area contributed by atoms with Crippen molar-refractivity contribution in [2.75, 3.05) is 5.73 Å². The quantitative estimate of drug-likeness (QED) is 0.680. The maximum Gasteiger partial charge on any atom is 0.226 e. The molecule has 0 saturated carbocycles. The van der Waals surface area contributed by atoms with Crippen LogP contribution in [0.4, 0.5) is 5.82 Å². The van der Waals surface area contributed by atoms with Crippen molar-refractivity contribution in [2.45, 2.75) is 19.9 Å². The molecule has 2 heterocycles. The van der Waals surface area contributed by atoms with E-state index in [9.17, 15) is 0 Å². The van der Waals surface area contributed by atoms with Crippen LogP contribution in [0.3, 0.4) is 0 Å². The smallest absolute Gasteiger partial charge is 0.226 e. The molecule has 15 heavy (non-hydrogen) atoms.